The van der Waals surface area contributed by atoms with Crippen molar-refractivity contribution in [3.8, 4) is 11.1 Å². The van der Waals surface area contributed by atoms with E-state index in [1.54, 1.807) is 12.1 Å². The monoisotopic (exact) mass is 762 g/mol. The molecule has 3 saturated heterocycles. The Balaban J connectivity index is 0.928. The lowest BCUT2D eigenvalue weighted by molar-refractivity contribution is -0.255. The number of unbranched alkanes of at least 4 members (excludes halogenated alkanes) is 2. The van der Waals surface area contributed by atoms with Gasteiger partial charge < -0.3 is 45.3 Å². The van der Waals surface area contributed by atoms with E-state index >= 15 is 0 Å². The smallest absolute Gasteiger partial charge is 0.224 e. The fraction of sp³-hybridized carbons (Fsp3) is 0.422. The molecule has 11 nitrogen and oxygen atoms in total. The van der Waals surface area contributed by atoms with Crippen LogP contribution in [0, 0.1) is 0 Å². The highest BCUT2D eigenvalue weighted by molar-refractivity contribution is 5.93. The summed E-state index contributed by atoms with van der Waals surface area (Å²) < 4.78 is 25.2. The molecule has 3 fully saturated rings. The van der Waals surface area contributed by atoms with Gasteiger partial charge in [0, 0.05) is 63.8 Å². The first kappa shape index (κ1) is 39.6. The Morgan fingerprint density at radius 1 is 0.786 bits per heavy atom. The number of likely N-dealkylation sites (tertiary alicyclic amines) is 1. The molecule has 3 aliphatic heterocycles. The summed E-state index contributed by atoms with van der Waals surface area (Å²) in [5.41, 5.74) is 13.1. The average molecular weight is 763 g/mol. The first-order valence-corrected chi connectivity index (χ1v) is 20.0. The van der Waals surface area contributed by atoms with E-state index in [1.165, 1.54) is 0 Å². The topological polar surface area (TPSA) is 145 Å². The SMILES string of the molecule is Nc1ccccc1NC(=O)CCCCCC(=O)NCc1ccccc1-c1ccc([C@@H]2O[C@H](CN3CCC4(CC3)OCCO4)C[C@H](c3ccc(CO)cc3)O2)cc1. The van der Waals surface area contributed by atoms with E-state index in [0.29, 0.717) is 56.8 Å². The van der Waals surface area contributed by atoms with Gasteiger partial charge in [-0.15, -0.1) is 0 Å². The maximum Gasteiger partial charge on any atom is 0.224 e. The number of carbonyl (C=O) groups is 2. The van der Waals surface area contributed by atoms with Gasteiger partial charge in [-0.1, -0.05) is 91.3 Å². The van der Waals surface area contributed by atoms with Gasteiger partial charge in [0.15, 0.2) is 12.1 Å². The van der Waals surface area contributed by atoms with Crippen LogP contribution in [0.2, 0.25) is 0 Å². The molecule has 0 aliphatic carbocycles. The number of nitrogens with zero attached hydrogens (tertiary/aromatic N) is 1. The number of piperidine rings is 1. The molecule has 0 radical (unpaired) electrons. The first-order valence-electron chi connectivity index (χ1n) is 20.0. The Morgan fingerprint density at radius 2 is 1.46 bits per heavy atom. The third-order valence-corrected chi connectivity index (χ3v) is 11.0. The van der Waals surface area contributed by atoms with Crippen molar-refractivity contribution in [1.29, 1.82) is 0 Å². The van der Waals surface area contributed by atoms with Gasteiger partial charge in [0.2, 0.25) is 11.8 Å². The lowest BCUT2D eigenvalue weighted by Crippen LogP contribution is -2.48. The van der Waals surface area contributed by atoms with E-state index < -0.39 is 12.1 Å². The highest BCUT2D eigenvalue weighted by Crippen LogP contribution is 2.40. The standard InChI is InChI=1S/C45H54N4O7/c46-39-10-6-7-11-40(39)48-43(52)13-3-1-2-12-42(51)47-29-36-8-4-5-9-38(36)33-18-20-35(21-19-33)44-55-37(28-41(56-44)34-16-14-32(31-50)15-17-34)30-49-24-22-45(23-25-49)53-26-27-54-45/h4-11,14-21,37,41,44,50H,1-3,12-13,22-31,46H2,(H,47,51)(H,48,52)/t37-,41+,44+/m0/s1. The summed E-state index contributed by atoms with van der Waals surface area (Å²) in [6.07, 6.45) is 4.66. The molecule has 0 bridgehead atoms. The summed E-state index contributed by atoms with van der Waals surface area (Å²) in [6, 6.07) is 31.6. The van der Waals surface area contributed by atoms with E-state index in [0.717, 1.165) is 78.7 Å². The van der Waals surface area contributed by atoms with Crippen LogP contribution in [0.5, 0.6) is 0 Å². The highest BCUT2D eigenvalue weighted by atomic mass is 16.7. The molecule has 4 aromatic rings. The number of para-hydroxylation sites is 2. The number of hydrogen-bond donors (Lipinski definition) is 4. The molecule has 5 N–H and O–H groups in total. The van der Waals surface area contributed by atoms with Gasteiger partial charge >= 0.3 is 0 Å². The maximum absolute atomic E-state index is 12.8. The molecular weight excluding hydrogens is 709 g/mol. The molecule has 3 aliphatic rings. The summed E-state index contributed by atoms with van der Waals surface area (Å²) in [4.78, 5) is 27.5. The Kier molecular flexibility index (Phi) is 13.4. The average Bonchev–Trinajstić information content (AvgIpc) is 3.69. The molecule has 296 valence electrons. The third kappa shape index (κ3) is 10.4. The van der Waals surface area contributed by atoms with Crippen molar-refractivity contribution in [3.63, 3.8) is 0 Å². The molecule has 56 heavy (non-hydrogen) atoms. The van der Waals surface area contributed by atoms with E-state index in [9.17, 15) is 14.7 Å². The molecule has 1 spiro atoms. The minimum atomic E-state index is -0.547. The lowest BCUT2D eigenvalue weighted by Gasteiger charge is -2.41. The predicted molar refractivity (Wildman–Crippen MR) is 215 cm³/mol. The zero-order chi connectivity index (χ0) is 38.7. The molecule has 3 heterocycles. The molecule has 7 rings (SSSR count). The Labute approximate surface area is 329 Å². The second-order valence-corrected chi connectivity index (χ2v) is 15.0. The highest BCUT2D eigenvalue weighted by Gasteiger charge is 2.41. The molecular formula is C45H54N4O7. The number of benzene rings is 4. The van der Waals surface area contributed by atoms with Crippen molar-refractivity contribution in [2.75, 3.05) is 43.9 Å². The summed E-state index contributed by atoms with van der Waals surface area (Å²) in [5, 5.41) is 15.5. The number of aliphatic hydroxyl groups excluding tert-OH is 1. The zero-order valence-electron chi connectivity index (χ0n) is 32.0. The quantitative estimate of drug-likeness (QED) is 0.0742. The van der Waals surface area contributed by atoms with E-state index in [4.69, 9.17) is 24.7 Å². The number of ether oxygens (including phenoxy) is 4. The first-order chi connectivity index (χ1) is 27.4. The fourth-order valence-corrected chi connectivity index (χ4v) is 7.81. The van der Waals surface area contributed by atoms with Gasteiger partial charge in [-0.05, 0) is 52.8 Å². The van der Waals surface area contributed by atoms with Crippen molar-refractivity contribution in [2.45, 2.75) is 88.8 Å². The molecule has 3 atom stereocenters. The van der Waals surface area contributed by atoms with Crippen molar-refractivity contribution in [1.82, 2.24) is 10.2 Å². The summed E-state index contributed by atoms with van der Waals surface area (Å²) in [7, 11) is 0. The maximum atomic E-state index is 12.8. The van der Waals surface area contributed by atoms with Crippen molar-refractivity contribution in [3.05, 3.63) is 119 Å². The fourth-order valence-electron chi connectivity index (χ4n) is 7.81. The minimum Gasteiger partial charge on any atom is -0.397 e. The van der Waals surface area contributed by atoms with Crippen LogP contribution in [-0.2, 0) is 41.7 Å². The van der Waals surface area contributed by atoms with Gasteiger partial charge in [0.1, 0.15) is 0 Å². The Bertz CT molecular complexity index is 1890. The van der Waals surface area contributed by atoms with E-state index in [-0.39, 0.29) is 30.6 Å². The van der Waals surface area contributed by atoms with Gasteiger partial charge in [0.25, 0.3) is 0 Å². The number of anilines is 2. The third-order valence-electron chi connectivity index (χ3n) is 11.0. The van der Waals surface area contributed by atoms with Gasteiger partial charge in [-0.25, -0.2) is 0 Å². The summed E-state index contributed by atoms with van der Waals surface area (Å²) in [6.45, 7) is 4.33. The van der Waals surface area contributed by atoms with Crippen LogP contribution in [0.4, 0.5) is 11.4 Å². The number of nitrogen functional groups attached to an aromatic ring is 1. The lowest BCUT2D eigenvalue weighted by atomic mass is 9.97. The van der Waals surface area contributed by atoms with E-state index in [1.807, 2.05) is 54.6 Å². The van der Waals surface area contributed by atoms with Crippen molar-refractivity contribution < 1.29 is 33.6 Å². The number of carbonyl (C=O) groups excluding carboxylic acids is 2. The molecule has 0 aromatic heterocycles. The second-order valence-electron chi connectivity index (χ2n) is 15.0. The number of aliphatic hydroxyl groups is 1. The normalized spacial score (nSPS) is 20.8. The molecule has 4 aromatic carbocycles. The van der Waals surface area contributed by atoms with E-state index in [2.05, 4.69) is 45.9 Å². The van der Waals surface area contributed by atoms with Crippen LogP contribution >= 0.6 is 0 Å². The van der Waals surface area contributed by atoms with Crippen molar-refractivity contribution in [2.24, 2.45) is 0 Å². The van der Waals surface area contributed by atoms with Crippen LogP contribution < -0.4 is 16.4 Å². The number of nitrogens with one attached hydrogen (secondary N) is 2. The number of hydrogen-bond acceptors (Lipinski definition) is 9. The summed E-state index contributed by atoms with van der Waals surface area (Å²) >= 11 is 0. The number of nitrogens with two attached hydrogens (primary N) is 1. The number of rotatable bonds is 15. The van der Waals surface area contributed by atoms with Crippen LogP contribution in [0.1, 0.15) is 86.0 Å². The summed E-state index contributed by atoms with van der Waals surface area (Å²) in [5.74, 6) is -0.506. The molecule has 11 heteroatoms. The van der Waals surface area contributed by atoms with Gasteiger partial charge in [-0.2, -0.15) is 0 Å². The predicted octanol–water partition coefficient (Wildman–Crippen LogP) is 7.02. The second kappa shape index (κ2) is 19.0. The van der Waals surface area contributed by atoms with Crippen molar-refractivity contribution >= 4 is 23.2 Å². The van der Waals surface area contributed by atoms with Gasteiger partial charge in [0.05, 0.1) is 43.4 Å². The zero-order valence-corrected chi connectivity index (χ0v) is 32.0. The number of amides is 2. The van der Waals surface area contributed by atoms with Crippen LogP contribution in [0.25, 0.3) is 11.1 Å². The minimum absolute atomic E-state index is 0.00144. The molecule has 0 unspecified atom stereocenters. The van der Waals surface area contributed by atoms with Crippen LogP contribution in [0.15, 0.2) is 97.1 Å². The Morgan fingerprint density at radius 3 is 2.20 bits per heavy atom. The van der Waals surface area contributed by atoms with Crippen LogP contribution in [0.3, 0.4) is 0 Å². The largest absolute Gasteiger partial charge is 0.397 e. The molecule has 2 amide bonds. The van der Waals surface area contributed by atoms with Gasteiger partial charge in [-0.3, -0.25) is 9.59 Å². The molecule has 0 saturated carbocycles. The van der Waals surface area contributed by atoms with Crippen LogP contribution in [-0.4, -0.2) is 66.6 Å². The Hall–Kier alpha value is -4.62.